The fraction of sp³-hybridized carbons (Fsp3) is 0.429. The number of hydrogen-bond donors (Lipinski definition) is 2. The Bertz CT molecular complexity index is 600. The van der Waals surface area contributed by atoms with Crippen molar-refractivity contribution in [2.45, 2.75) is 32.2 Å². The van der Waals surface area contributed by atoms with Gasteiger partial charge in [0.1, 0.15) is 5.69 Å². The smallest absolute Gasteiger partial charge is 0.293 e. The molecule has 1 aromatic rings. The number of carbonyl (C=O) groups is 2. The van der Waals surface area contributed by atoms with E-state index in [0.29, 0.717) is 12.1 Å². The monoisotopic (exact) mass is 291 g/mol. The molecule has 0 saturated heterocycles. The maximum absolute atomic E-state index is 11.4. The average Bonchev–Trinajstić information content (AvgIpc) is 2.87. The Morgan fingerprint density at radius 3 is 2.67 bits per heavy atom. The number of carbonyl (C=O) groups excluding carboxylic acids is 2. The van der Waals surface area contributed by atoms with Crippen LogP contribution in [-0.4, -0.2) is 22.7 Å². The van der Waals surface area contributed by atoms with Gasteiger partial charge in [0, 0.05) is 17.7 Å². The van der Waals surface area contributed by atoms with E-state index in [-0.39, 0.29) is 29.0 Å². The second-order valence-electron chi connectivity index (χ2n) is 5.24. The standard InChI is InChI=1S/C14H17N3O4/c1-8(18)9-5-6-12(13(7-9)17(20)21)16-11-4-2-3-10(11)14(15)19/h5-7,10-11,16H,2-4H2,1H3,(H2,15,19). The number of rotatable bonds is 5. The maximum atomic E-state index is 11.4. The summed E-state index contributed by atoms with van der Waals surface area (Å²) in [6.07, 6.45) is 2.27. The number of primary amides is 1. The van der Waals surface area contributed by atoms with E-state index in [1.54, 1.807) is 0 Å². The van der Waals surface area contributed by atoms with Crippen molar-refractivity contribution < 1.29 is 14.5 Å². The predicted octanol–water partition coefficient (Wildman–Crippen LogP) is 1.86. The Morgan fingerprint density at radius 1 is 1.38 bits per heavy atom. The lowest BCUT2D eigenvalue weighted by Crippen LogP contribution is -2.34. The number of amides is 1. The van der Waals surface area contributed by atoms with Gasteiger partial charge in [-0.2, -0.15) is 0 Å². The van der Waals surface area contributed by atoms with E-state index in [0.717, 1.165) is 12.8 Å². The first-order valence-electron chi connectivity index (χ1n) is 6.75. The summed E-state index contributed by atoms with van der Waals surface area (Å²) in [6, 6.07) is 4.08. The van der Waals surface area contributed by atoms with E-state index in [2.05, 4.69) is 5.32 Å². The normalized spacial score (nSPS) is 21.0. The molecule has 7 heteroatoms. The first-order valence-corrected chi connectivity index (χ1v) is 6.75. The van der Waals surface area contributed by atoms with Crippen LogP contribution in [0.25, 0.3) is 0 Å². The molecule has 21 heavy (non-hydrogen) atoms. The molecule has 0 bridgehead atoms. The van der Waals surface area contributed by atoms with E-state index < -0.39 is 10.8 Å². The maximum Gasteiger partial charge on any atom is 0.293 e. The van der Waals surface area contributed by atoms with Crippen LogP contribution in [0.2, 0.25) is 0 Å². The number of ketones is 1. The van der Waals surface area contributed by atoms with Gasteiger partial charge in [0.15, 0.2) is 5.78 Å². The summed E-state index contributed by atoms with van der Waals surface area (Å²) in [4.78, 5) is 33.3. The summed E-state index contributed by atoms with van der Waals surface area (Å²) in [5.74, 6) is -0.953. The molecule has 0 spiro atoms. The van der Waals surface area contributed by atoms with Crippen LogP contribution < -0.4 is 11.1 Å². The van der Waals surface area contributed by atoms with Gasteiger partial charge in [0.25, 0.3) is 5.69 Å². The van der Waals surface area contributed by atoms with Gasteiger partial charge >= 0.3 is 0 Å². The molecule has 0 heterocycles. The number of hydrogen-bond acceptors (Lipinski definition) is 5. The zero-order valence-electron chi connectivity index (χ0n) is 11.7. The van der Waals surface area contributed by atoms with Crippen LogP contribution >= 0.6 is 0 Å². The molecule has 1 aromatic carbocycles. The minimum Gasteiger partial charge on any atom is -0.376 e. The molecule has 1 saturated carbocycles. The van der Waals surface area contributed by atoms with Crippen LogP contribution in [0.15, 0.2) is 18.2 Å². The summed E-state index contributed by atoms with van der Waals surface area (Å²) >= 11 is 0. The van der Waals surface area contributed by atoms with Crippen LogP contribution in [0.5, 0.6) is 0 Å². The highest BCUT2D eigenvalue weighted by molar-refractivity contribution is 5.95. The van der Waals surface area contributed by atoms with Gasteiger partial charge in [-0.15, -0.1) is 0 Å². The summed E-state index contributed by atoms with van der Waals surface area (Å²) in [5.41, 5.74) is 5.77. The quantitative estimate of drug-likeness (QED) is 0.488. The Balaban J connectivity index is 2.29. The third kappa shape index (κ3) is 3.18. The summed E-state index contributed by atoms with van der Waals surface area (Å²) in [5, 5.41) is 14.2. The minimum atomic E-state index is -0.539. The lowest BCUT2D eigenvalue weighted by molar-refractivity contribution is -0.384. The summed E-state index contributed by atoms with van der Waals surface area (Å²) < 4.78 is 0. The second kappa shape index (κ2) is 5.90. The molecule has 0 aliphatic heterocycles. The molecular formula is C14H17N3O4. The zero-order valence-corrected chi connectivity index (χ0v) is 11.7. The van der Waals surface area contributed by atoms with Gasteiger partial charge in [-0.05, 0) is 31.9 Å². The van der Waals surface area contributed by atoms with Gasteiger partial charge in [-0.25, -0.2) is 0 Å². The van der Waals surface area contributed by atoms with Crippen LogP contribution in [0.3, 0.4) is 0 Å². The second-order valence-corrected chi connectivity index (χ2v) is 5.24. The van der Waals surface area contributed by atoms with E-state index in [1.807, 2.05) is 0 Å². The number of nitrogens with zero attached hydrogens (tertiary/aromatic N) is 1. The number of anilines is 1. The molecule has 3 N–H and O–H groups in total. The van der Waals surface area contributed by atoms with Crippen molar-refractivity contribution in [1.29, 1.82) is 0 Å². The number of nitrogens with two attached hydrogens (primary N) is 1. The van der Waals surface area contributed by atoms with Crippen LogP contribution in [-0.2, 0) is 4.79 Å². The molecule has 112 valence electrons. The number of nitro groups is 1. The third-order valence-electron chi connectivity index (χ3n) is 3.82. The first-order chi connectivity index (χ1) is 9.90. The highest BCUT2D eigenvalue weighted by atomic mass is 16.6. The van der Waals surface area contributed by atoms with Gasteiger partial charge < -0.3 is 11.1 Å². The van der Waals surface area contributed by atoms with Crippen LogP contribution in [0, 0.1) is 16.0 Å². The van der Waals surface area contributed by atoms with E-state index in [4.69, 9.17) is 5.73 Å². The highest BCUT2D eigenvalue weighted by Crippen LogP contribution is 2.32. The van der Waals surface area contributed by atoms with Crippen molar-refractivity contribution in [2.24, 2.45) is 11.7 Å². The van der Waals surface area contributed by atoms with Crippen molar-refractivity contribution in [3.05, 3.63) is 33.9 Å². The number of nitrogens with one attached hydrogen (secondary N) is 1. The fourth-order valence-corrected chi connectivity index (χ4v) is 2.70. The molecule has 0 aromatic heterocycles. The Morgan fingerprint density at radius 2 is 2.10 bits per heavy atom. The number of nitro benzene ring substituents is 1. The van der Waals surface area contributed by atoms with Crippen LogP contribution in [0.1, 0.15) is 36.5 Å². The predicted molar refractivity (Wildman–Crippen MR) is 77.0 cm³/mol. The first kappa shape index (κ1) is 15.0. The Kier molecular flexibility index (Phi) is 4.21. The SMILES string of the molecule is CC(=O)c1ccc(NC2CCCC2C(N)=O)c([N+](=O)[O-])c1. The zero-order chi connectivity index (χ0) is 15.6. The van der Waals surface area contributed by atoms with E-state index >= 15 is 0 Å². The molecule has 1 aliphatic carbocycles. The molecule has 1 aliphatic rings. The van der Waals surface area contributed by atoms with Crippen molar-refractivity contribution in [3.8, 4) is 0 Å². The minimum absolute atomic E-state index is 0.169. The average molecular weight is 291 g/mol. The van der Waals surface area contributed by atoms with Crippen molar-refractivity contribution >= 4 is 23.1 Å². The van der Waals surface area contributed by atoms with Gasteiger partial charge in [-0.1, -0.05) is 6.42 Å². The molecule has 0 radical (unpaired) electrons. The van der Waals surface area contributed by atoms with Gasteiger partial charge in [0.2, 0.25) is 5.91 Å². The van der Waals surface area contributed by atoms with Gasteiger partial charge in [-0.3, -0.25) is 19.7 Å². The lowest BCUT2D eigenvalue weighted by Gasteiger charge is -2.19. The summed E-state index contributed by atoms with van der Waals surface area (Å²) in [7, 11) is 0. The van der Waals surface area contributed by atoms with Crippen LogP contribution in [0.4, 0.5) is 11.4 Å². The van der Waals surface area contributed by atoms with E-state index in [9.17, 15) is 19.7 Å². The van der Waals surface area contributed by atoms with Crippen molar-refractivity contribution in [3.63, 3.8) is 0 Å². The fourth-order valence-electron chi connectivity index (χ4n) is 2.70. The highest BCUT2D eigenvalue weighted by Gasteiger charge is 2.32. The topological polar surface area (TPSA) is 115 Å². The summed E-state index contributed by atoms with van der Waals surface area (Å²) in [6.45, 7) is 1.35. The molecule has 2 atom stereocenters. The molecule has 1 amide bonds. The van der Waals surface area contributed by atoms with Crippen molar-refractivity contribution in [1.82, 2.24) is 0 Å². The largest absolute Gasteiger partial charge is 0.376 e. The van der Waals surface area contributed by atoms with E-state index in [1.165, 1.54) is 25.1 Å². The van der Waals surface area contributed by atoms with Crippen molar-refractivity contribution in [2.75, 3.05) is 5.32 Å². The number of benzene rings is 1. The third-order valence-corrected chi connectivity index (χ3v) is 3.82. The lowest BCUT2D eigenvalue weighted by atomic mass is 10.0. The molecule has 7 nitrogen and oxygen atoms in total. The number of Topliss-reactive ketones (excluding diaryl/α,β-unsaturated/α-hetero) is 1. The molecule has 2 unspecified atom stereocenters. The molecule has 1 fully saturated rings. The van der Waals surface area contributed by atoms with Gasteiger partial charge in [0.05, 0.1) is 10.8 Å². The molecule has 2 rings (SSSR count). The Labute approximate surface area is 121 Å². The Hall–Kier alpha value is -2.44. The molecular weight excluding hydrogens is 274 g/mol.